The summed E-state index contributed by atoms with van der Waals surface area (Å²) in [4.78, 5) is 14.6. The Morgan fingerprint density at radius 2 is 2.20 bits per heavy atom. The Balaban J connectivity index is 2.53. The predicted molar refractivity (Wildman–Crippen MR) is 56.6 cm³/mol. The van der Waals surface area contributed by atoms with Gasteiger partial charge in [-0.05, 0) is 13.0 Å². The van der Waals surface area contributed by atoms with Crippen molar-refractivity contribution in [2.24, 2.45) is 7.05 Å². The number of carbonyl (C=O) groups is 1. The number of aldehydes is 1. The van der Waals surface area contributed by atoms with Crippen LogP contribution in [0.4, 0.5) is 0 Å². The molecule has 0 radical (unpaired) electrons. The standard InChI is InChI=1S/C11H11N3O/c1-8-11(6-14(2)13-8)10-3-9(7-15)4-12-5-10/h3-7H,1-2H3. The fourth-order valence-electron chi connectivity index (χ4n) is 1.55. The molecule has 0 amide bonds. The van der Waals surface area contributed by atoms with Crippen LogP contribution in [0.5, 0.6) is 0 Å². The van der Waals surface area contributed by atoms with E-state index in [0.29, 0.717) is 5.56 Å². The third kappa shape index (κ3) is 1.79. The lowest BCUT2D eigenvalue weighted by molar-refractivity contribution is 0.112. The van der Waals surface area contributed by atoms with Gasteiger partial charge in [-0.3, -0.25) is 14.5 Å². The molecule has 2 heterocycles. The lowest BCUT2D eigenvalue weighted by Crippen LogP contribution is -1.86. The van der Waals surface area contributed by atoms with Crippen LogP contribution in [-0.4, -0.2) is 21.1 Å². The minimum Gasteiger partial charge on any atom is -0.298 e. The molecule has 0 unspecified atom stereocenters. The zero-order valence-corrected chi connectivity index (χ0v) is 8.64. The predicted octanol–water partition coefficient (Wildman–Crippen LogP) is 1.60. The minimum absolute atomic E-state index is 0.579. The van der Waals surface area contributed by atoms with Crippen molar-refractivity contribution in [3.8, 4) is 11.1 Å². The van der Waals surface area contributed by atoms with Gasteiger partial charge in [0, 0.05) is 42.3 Å². The largest absolute Gasteiger partial charge is 0.298 e. The number of hydrogen-bond donors (Lipinski definition) is 0. The molecule has 0 saturated carbocycles. The quantitative estimate of drug-likeness (QED) is 0.693. The molecule has 0 saturated heterocycles. The van der Waals surface area contributed by atoms with Gasteiger partial charge in [0.05, 0.1) is 5.69 Å². The van der Waals surface area contributed by atoms with Crippen molar-refractivity contribution in [3.63, 3.8) is 0 Å². The number of hydrogen-bond acceptors (Lipinski definition) is 3. The van der Waals surface area contributed by atoms with Crippen molar-refractivity contribution in [2.45, 2.75) is 6.92 Å². The van der Waals surface area contributed by atoms with Crippen molar-refractivity contribution in [1.82, 2.24) is 14.8 Å². The zero-order valence-electron chi connectivity index (χ0n) is 8.64. The maximum Gasteiger partial charge on any atom is 0.151 e. The van der Waals surface area contributed by atoms with Gasteiger partial charge in [0.25, 0.3) is 0 Å². The molecule has 0 N–H and O–H groups in total. The molecule has 0 aliphatic rings. The van der Waals surface area contributed by atoms with Crippen LogP contribution in [-0.2, 0) is 7.05 Å². The Hall–Kier alpha value is -1.97. The Bertz CT molecular complexity index is 502. The summed E-state index contributed by atoms with van der Waals surface area (Å²) in [5.41, 5.74) is 3.44. The van der Waals surface area contributed by atoms with Gasteiger partial charge in [0.15, 0.2) is 6.29 Å². The van der Waals surface area contributed by atoms with Gasteiger partial charge in [0.2, 0.25) is 0 Å². The smallest absolute Gasteiger partial charge is 0.151 e. The lowest BCUT2D eigenvalue weighted by atomic mass is 10.1. The van der Waals surface area contributed by atoms with Crippen LogP contribution in [0, 0.1) is 6.92 Å². The average Bonchev–Trinajstić information content (AvgIpc) is 2.58. The van der Waals surface area contributed by atoms with Gasteiger partial charge in [-0.25, -0.2) is 0 Å². The summed E-state index contributed by atoms with van der Waals surface area (Å²) in [6, 6.07) is 1.81. The van der Waals surface area contributed by atoms with Crippen molar-refractivity contribution in [3.05, 3.63) is 35.9 Å². The molecule has 0 aliphatic carbocycles. The number of carbonyl (C=O) groups excluding carboxylic acids is 1. The van der Waals surface area contributed by atoms with E-state index < -0.39 is 0 Å². The van der Waals surface area contributed by atoms with Crippen LogP contribution in [0.25, 0.3) is 11.1 Å². The maximum atomic E-state index is 10.6. The number of aromatic nitrogens is 3. The summed E-state index contributed by atoms with van der Waals surface area (Å²) < 4.78 is 1.75. The molecular formula is C11H11N3O. The molecule has 0 atom stereocenters. The highest BCUT2D eigenvalue weighted by molar-refractivity contribution is 5.78. The number of nitrogens with zero attached hydrogens (tertiary/aromatic N) is 3. The second-order valence-corrected chi connectivity index (χ2v) is 3.43. The van der Waals surface area contributed by atoms with Crippen LogP contribution in [0.2, 0.25) is 0 Å². The van der Waals surface area contributed by atoms with Gasteiger partial charge in [-0.2, -0.15) is 5.10 Å². The SMILES string of the molecule is Cc1nn(C)cc1-c1cncc(C=O)c1. The van der Waals surface area contributed by atoms with E-state index in [1.54, 1.807) is 17.1 Å². The molecule has 0 aromatic carbocycles. The summed E-state index contributed by atoms with van der Waals surface area (Å²) in [6.07, 6.45) is 5.99. The van der Waals surface area contributed by atoms with Crippen molar-refractivity contribution in [2.75, 3.05) is 0 Å². The third-order valence-electron chi connectivity index (χ3n) is 2.22. The number of rotatable bonds is 2. The van der Waals surface area contributed by atoms with Gasteiger partial charge in [-0.15, -0.1) is 0 Å². The molecule has 15 heavy (non-hydrogen) atoms. The first-order valence-corrected chi connectivity index (χ1v) is 4.61. The number of pyridine rings is 1. The van der Waals surface area contributed by atoms with E-state index in [1.807, 2.05) is 26.2 Å². The van der Waals surface area contributed by atoms with E-state index in [-0.39, 0.29) is 0 Å². The summed E-state index contributed by atoms with van der Waals surface area (Å²) in [5, 5.41) is 4.24. The summed E-state index contributed by atoms with van der Waals surface area (Å²) in [7, 11) is 1.87. The Kier molecular flexibility index (Phi) is 2.33. The maximum absolute atomic E-state index is 10.6. The second kappa shape index (κ2) is 3.65. The first kappa shape index (κ1) is 9.58. The summed E-state index contributed by atoms with van der Waals surface area (Å²) >= 11 is 0. The Labute approximate surface area is 87.6 Å². The van der Waals surface area contributed by atoms with Crippen LogP contribution in [0.15, 0.2) is 24.7 Å². The van der Waals surface area contributed by atoms with E-state index in [2.05, 4.69) is 10.1 Å². The molecule has 0 fully saturated rings. The molecule has 0 spiro atoms. The highest BCUT2D eigenvalue weighted by Crippen LogP contribution is 2.21. The Morgan fingerprint density at radius 1 is 1.40 bits per heavy atom. The minimum atomic E-state index is 0.579. The van der Waals surface area contributed by atoms with Crippen LogP contribution in [0.3, 0.4) is 0 Å². The van der Waals surface area contributed by atoms with Crippen LogP contribution in [0.1, 0.15) is 16.1 Å². The number of aryl methyl sites for hydroxylation is 2. The van der Waals surface area contributed by atoms with Crippen molar-refractivity contribution >= 4 is 6.29 Å². The van der Waals surface area contributed by atoms with Gasteiger partial charge in [0.1, 0.15) is 0 Å². The van der Waals surface area contributed by atoms with E-state index in [9.17, 15) is 4.79 Å². The molecule has 2 aromatic heterocycles. The van der Waals surface area contributed by atoms with Crippen LogP contribution < -0.4 is 0 Å². The van der Waals surface area contributed by atoms with Crippen molar-refractivity contribution in [1.29, 1.82) is 0 Å². The lowest BCUT2D eigenvalue weighted by Gasteiger charge is -1.98. The van der Waals surface area contributed by atoms with E-state index in [0.717, 1.165) is 23.1 Å². The van der Waals surface area contributed by atoms with E-state index >= 15 is 0 Å². The van der Waals surface area contributed by atoms with E-state index in [1.165, 1.54) is 0 Å². The van der Waals surface area contributed by atoms with E-state index in [4.69, 9.17) is 0 Å². The van der Waals surface area contributed by atoms with Gasteiger partial charge < -0.3 is 0 Å². The molecule has 4 heteroatoms. The monoisotopic (exact) mass is 201 g/mol. The molecule has 0 bridgehead atoms. The first-order valence-electron chi connectivity index (χ1n) is 4.61. The van der Waals surface area contributed by atoms with Gasteiger partial charge >= 0.3 is 0 Å². The highest BCUT2D eigenvalue weighted by atomic mass is 16.1. The molecule has 76 valence electrons. The zero-order chi connectivity index (χ0) is 10.8. The molecule has 2 aromatic rings. The molecular weight excluding hydrogens is 190 g/mol. The topological polar surface area (TPSA) is 47.8 Å². The normalized spacial score (nSPS) is 10.3. The average molecular weight is 201 g/mol. The fourth-order valence-corrected chi connectivity index (χ4v) is 1.55. The molecule has 4 nitrogen and oxygen atoms in total. The summed E-state index contributed by atoms with van der Waals surface area (Å²) in [5.74, 6) is 0. The molecule has 0 aliphatic heterocycles. The summed E-state index contributed by atoms with van der Waals surface area (Å²) in [6.45, 7) is 1.93. The van der Waals surface area contributed by atoms with Gasteiger partial charge in [-0.1, -0.05) is 0 Å². The molecule has 2 rings (SSSR count). The third-order valence-corrected chi connectivity index (χ3v) is 2.22. The fraction of sp³-hybridized carbons (Fsp3) is 0.182. The van der Waals surface area contributed by atoms with Crippen molar-refractivity contribution < 1.29 is 4.79 Å². The van der Waals surface area contributed by atoms with Crippen LogP contribution >= 0.6 is 0 Å². The Morgan fingerprint density at radius 3 is 2.80 bits per heavy atom. The second-order valence-electron chi connectivity index (χ2n) is 3.43. The highest BCUT2D eigenvalue weighted by Gasteiger charge is 2.06. The first-order chi connectivity index (χ1) is 7.20.